The quantitative estimate of drug-likeness (QED) is 0.588. The first-order valence-corrected chi connectivity index (χ1v) is 8.54. The zero-order valence-corrected chi connectivity index (χ0v) is 13.8. The Morgan fingerprint density at radius 3 is 2.86 bits per heavy atom. The van der Waals surface area contributed by atoms with Crippen molar-refractivity contribution in [1.82, 2.24) is 15.2 Å². The largest absolute Gasteiger partial charge is 0.370 e. The van der Waals surface area contributed by atoms with Crippen LogP contribution >= 0.6 is 11.3 Å². The predicted octanol–water partition coefficient (Wildman–Crippen LogP) is 0.496. The van der Waals surface area contributed by atoms with Gasteiger partial charge in [-0.15, -0.1) is 11.3 Å². The maximum absolute atomic E-state index is 11.5. The highest BCUT2D eigenvalue weighted by Gasteiger charge is 2.19. The molecule has 1 aromatic rings. The minimum atomic E-state index is 0.0342. The molecule has 22 heavy (non-hydrogen) atoms. The van der Waals surface area contributed by atoms with E-state index < -0.39 is 0 Å². The summed E-state index contributed by atoms with van der Waals surface area (Å²) in [5.41, 5.74) is 6.01. The van der Waals surface area contributed by atoms with E-state index in [4.69, 9.17) is 5.73 Å². The minimum absolute atomic E-state index is 0.0342. The number of aliphatic imine (C=N–C) groups is 1. The molecule has 1 saturated heterocycles. The highest BCUT2D eigenvalue weighted by molar-refractivity contribution is 7.13. The van der Waals surface area contributed by atoms with Gasteiger partial charge in [-0.25, -0.2) is 4.98 Å². The number of anilines is 1. The molecule has 1 amide bonds. The van der Waals surface area contributed by atoms with E-state index >= 15 is 0 Å². The summed E-state index contributed by atoms with van der Waals surface area (Å²) in [4.78, 5) is 24.4. The van der Waals surface area contributed by atoms with Crippen molar-refractivity contribution in [1.29, 1.82) is 0 Å². The summed E-state index contributed by atoms with van der Waals surface area (Å²) >= 11 is 1.65. The lowest BCUT2D eigenvalue weighted by atomic mass is 10.3. The first kappa shape index (κ1) is 16.5. The molecule has 1 aliphatic heterocycles. The zero-order chi connectivity index (χ0) is 15.8. The number of piperazine rings is 1. The van der Waals surface area contributed by atoms with E-state index in [0.29, 0.717) is 18.9 Å². The Labute approximate surface area is 135 Å². The summed E-state index contributed by atoms with van der Waals surface area (Å²) in [5, 5.41) is 5.88. The van der Waals surface area contributed by atoms with Crippen LogP contribution in [0.25, 0.3) is 0 Å². The van der Waals surface area contributed by atoms with Gasteiger partial charge in [-0.3, -0.25) is 9.79 Å². The maximum atomic E-state index is 11.5. The fourth-order valence-corrected chi connectivity index (χ4v) is 2.92. The highest BCUT2D eigenvalue weighted by atomic mass is 32.1. The molecule has 1 aromatic heterocycles. The number of nitrogens with zero attached hydrogens (tertiary/aromatic N) is 4. The van der Waals surface area contributed by atoms with Gasteiger partial charge in [0.05, 0.1) is 6.54 Å². The predicted molar refractivity (Wildman–Crippen MR) is 90.3 cm³/mol. The second-order valence-electron chi connectivity index (χ2n) is 5.13. The van der Waals surface area contributed by atoms with E-state index in [0.717, 1.165) is 44.3 Å². The van der Waals surface area contributed by atoms with Crippen molar-refractivity contribution in [2.45, 2.75) is 19.8 Å². The number of rotatable bonds is 6. The third-order valence-corrected chi connectivity index (χ3v) is 4.31. The normalized spacial score (nSPS) is 16.0. The van der Waals surface area contributed by atoms with Gasteiger partial charge in [0.25, 0.3) is 0 Å². The van der Waals surface area contributed by atoms with Crippen molar-refractivity contribution in [2.24, 2.45) is 10.7 Å². The number of carbonyl (C=O) groups is 1. The third kappa shape index (κ3) is 4.87. The van der Waals surface area contributed by atoms with Crippen LogP contribution in [0.15, 0.2) is 16.6 Å². The van der Waals surface area contributed by atoms with Crippen molar-refractivity contribution in [2.75, 3.05) is 44.2 Å². The van der Waals surface area contributed by atoms with E-state index in [2.05, 4.69) is 25.1 Å². The van der Waals surface area contributed by atoms with Crippen molar-refractivity contribution >= 4 is 28.3 Å². The van der Waals surface area contributed by atoms with Crippen LogP contribution < -0.4 is 16.0 Å². The summed E-state index contributed by atoms with van der Waals surface area (Å²) in [5.74, 6) is 0.564. The Kier molecular flexibility index (Phi) is 6.45. The monoisotopic (exact) mass is 324 g/mol. The second-order valence-corrected chi connectivity index (χ2v) is 6.00. The molecule has 1 fully saturated rings. The van der Waals surface area contributed by atoms with Gasteiger partial charge in [0.15, 0.2) is 11.1 Å². The number of guanidine groups is 1. The highest BCUT2D eigenvalue weighted by Crippen LogP contribution is 2.18. The van der Waals surface area contributed by atoms with Gasteiger partial charge in [0.2, 0.25) is 5.91 Å². The number of amides is 1. The molecule has 0 radical (unpaired) electrons. The molecule has 0 aromatic carbocycles. The van der Waals surface area contributed by atoms with Crippen LogP contribution in [0.3, 0.4) is 0 Å². The summed E-state index contributed by atoms with van der Waals surface area (Å²) < 4.78 is 0. The van der Waals surface area contributed by atoms with Crippen LogP contribution in [0.4, 0.5) is 5.13 Å². The first-order valence-electron chi connectivity index (χ1n) is 7.66. The maximum Gasteiger partial charge on any atom is 0.221 e. The fourth-order valence-electron chi connectivity index (χ4n) is 2.22. The SMILES string of the molecule is CCCNC(=O)CCN=C(N)N1CCN(c2nccs2)CC1. The molecule has 0 spiro atoms. The molecule has 122 valence electrons. The van der Waals surface area contributed by atoms with E-state index in [9.17, 15) is 4.79 Å². The minimum Gasteiger partial charge on any atom is -0.370 e. The average Bonchev–Trinajstić information content (AvgIpc) is 3.07. The number of carbonyl (C=O) groups excluding carboxylic acids is 1. The van der Waals surface area contributed by atoms with Crippen LogP contribution in [-0.4, -0.2) is 61.0 Å². The van der Waals surface area contributed by atoms with Crippen molar-refractivity contribution in [3.8, 4) is 0 Å². The van der Waals surface area contributed by atoms with Gasteiger partial charge in [-0.05, 0) is 6.42 Å². The van der Waals surface area contributed by atoms with E-state index in [1.807, 2.05) is 18.5 Å². The number of aromatic nitrogens is 1. The second kappa shape index (κ2) is 8.57. The molecule has 0 bridgehead atoms. The molecular formula is C14H24N6OS. The van der Waals surface area contributed by atoms with Crippen LogP contribution in [-0.2, 0) is 4.79 Å². The molecule has 0 unspecified atom stereocenters. The number of hydrogen-bond acceptors (Lipinski definition) is 5. The Morgan fingerprint density at radius 2 is 2.23 bits per heavy atom. The van der Waals surface area contributed by atoms with Crippen LogP contribution in [0.2, 0.25) is 0 Å². The Morgan fingerprint density at radius 1 is 1.45 bits per heavy atom. The Hall–Kier alpha value is -1.83. The molecule has 0 aliphatic carbocycles. The molecule has 1 aliphatic rings. The summed E-state index contributed by atoms with van der Waals surface area (Å²) in [7, 11) is 0. The van der Waals surface area contributed by atoms with Gasteiger partial charge < -0.3 is 20.9 Å². The first-order chi connectivity index (χ1) is 10.7. The molecule has 2 rings (SSSR count). The van der Waals surface area contributed by atoms with E-state index in [-0.39, 0.29) is 5.91 Å². The number of hydrogen-bond donors (Lipinski definition) is 2. The zero-order valence-electron chi connectivity index (χ0n) is 13.0. The van der Waals surface area contributed by atoms with E-state index in [1.165, 1.54) is 0 Å². The fraction of sp³-hybridized carbons (Fsp3) is 0.643. The van der Waals surface area contributed by atoms with Crippen LogP contribution in [0, 0.1) is 0 Å². The number of nitrogens with one attached hydrogen (secondary N) is 1. The Bertz CT molecular complexity index is 482. The lowest BCUT2D eigenvalue weighted by molar-refractivity contribution is -0.120. The topological polar surface area (TPSA) is 86.8 Å². The molecule has 0 saturated carbocycles. The molecule has 0 atom stereocenters. The standard InChI is InChI=1S/C14H24N6OS/c1-2-4-16-12(21)3-5-17-13(15)19-7-9-20(10-8-19)14-18-6-11-22-14/h6,11H,2-5,7-10H2,1H3,(H2,15,17)(H,16,21). The van der Waals surface area contributed by atoms with Crippen molar-refractivity contribution in [3.05, 3.63) is 11.6 Å². The van der Waals surface area contributed by atoms with Crippen LogP contribution in [0.1, 0.15) is 19.8 Å². The number of thiazole rings is 1. The lowest BCUT2D eigenvalue weighted by Gasteiger charge is -2.35. The van der Waals surface area contributed by atoms with Crippen molar-refractivity contribution in [3.63, 3.8) is 0 Å². The van der Waals surface area contributed by atoms with Gasteiger partial charge in [0, 0.05) is 50.7 Å². The van der Waals surface area contributed by atoms with Gasteiger partial charge >= 0.3 is 0 Å². The molecular weight excluding hydrogens is 300 g/mol. The smallest absolute Gasteiger partial charge is 0.221 e. The van der Waals surface area contributed by atoms with Gasteiger partial charge in [0.1, 0.15) is 0 Å². The van der Waals surface area contributed by atoms with Crippen LogP contribution in [0.5, 0.6) is 0 Å². The number of nitrogens with two attached hydrogens (primary N) is 1. The summed E-state index contributed by atoms with van der Waals surface area (Å²) in [6, 6.07) is 0. The Balaban J connectivity index is 1.71. The lowest BCUT2D eigenvalue weighted by Crippen LogP contribution is -2.51. The molecule has 2 heterocycles. The van der Waals surface area contributed by atoms with Crippen molar-refractivity contribution < 1.29 is 4.79 Å². The molecule has 7 nitrogen and oxygen atoms in total. The summed E-state index contributed by atoms with van der Waals surface area (Å²) in [6.45, 7) is 6.63. The third-order valence-electron chi connectivity index (χ3n) is 3.48. The summed E-state index contributed by atoms with van der Waals surface area (Å²) in [6.07, 6.45) is 3.16. The molecule has 3 N–H and O–H groups in total. The average molecular weight is 324 g/mol. The molecule has 8 heteroatoms. The van der Waals surface area contributed by atoms with Gasteiger partial charge in [-0.1, -0.05) is 6.92 Å². The van der Waals surface area contributed by atoms with E-state index in [1.54, 1.807) is 11.3 Å². The van der Waals surface area contributed by atoms with Gasteiger partial charge in [-0.2, -0.15) is 0 Å².